The first-order valence-electron chi connectivity index (χ1n) is 16.1. The van der Waals surface area contributed by atoms with Crippen molar-refractivity contribution in [2.45, 2.75) is 155 Å². The number of fused-ring (bicyclic) bond motifs is 3. The van der Waals surface area contributed by atoms with Crippen molar-refractivity contribution in [1.82, 2.24) is 0 Å². The quantitative estimate of drug-likeness (QED) is 0.123. The normalized spacial score (nSPS) is 12.1. The van der Waals surface area contributed by atoms with E-state index >= 15 is 0 Å². The average Bonchev–Trinajstić information content (AvgIpc) is 3.29. The number of hydrogen-bond donors (Lipinski definition) is 0. The molecule has 0 saturated heterocycles. The van der Waals surface area contributed by atoms with Gasteiger partial charge in [0.05, 0.1) is 0 Å². The Morgan fingerprint density at radius 3 is 1.42 bits per heavy atom. The summed E-state index contributed by atoms with van der Waals surface area (Å²) in [6, 6.07) is 15.9. The van der Waals surface area contributed by atoms with E-state index in [0.29, 0.717) is 0 Å². The fourth-order valence-electron chi connectivity index (χ4n) is 6.21. The average molecular weight is 489 g/mol. The molecule has 0 heterocycles. The fourth-order valence-corrected chi connectivity index (χ4v) is 6.21. The molecule has 0 amide bonds. The van der Waals surface area contributed by atoms with Gasteiger partial charge in [-0.25, -0.2) is 0 Å². The van der Waals surface area contributed by atoms with Gasteiger partial charge in [-0.05, 0) is 47.1 Å². The third kappa shape index (κ3) is 10.8. The zero-order valence-corrected chi connectivity index (χ0v) is 23.8. The van der Waals surface area contributed by atoms with Gasteiger partial charge in [-0.15, -0.1) is 0 Å². The molecule has 0 fully saturated rings. The molecular weight excluding hydrogens is 432 g/mol. The first-order valence-corrected chi connectivity index (χ1v) is 16.1. The van der Waals surface area contributed by atoms with Gasteiger partial charge >= 0.3 is 0 Å². The SMILES string of the molecule is CCCCCCCCCCCCCCCCCCCCCCCc1cccc2c1Cc1ccccc1-2. The van der Waals surface area contributed by atoms with Crippen LogP contribution in [0, 0.1) is 0 Å². The van der Waals surface area contributed by atoms with Gasteiger partial charge in [-0.1, -0.05) is 178 Å². The molecule has 0 saturated carbocycles. The number of hydrogen-bond acceptors (Lipinski definition) is 0. The van der Waals surface area contributed by atoms with Gasteiger partial charge in [0, 0.05) is 0 Å². The van der Waals surface area contributed by atoms with Crippen LogP contribution in [0.4, 0.5) is 0 Å². The smallest absolute Gasteiger partial charge is 0.00107 e. The lowest BCUT2D eigenvalue weighted by Gasteiger charge is -2.09. The van der Waals surface area contributed by atoms with E-state index in [9.17, 15) is 0 Å². The van der Waals surface area contributed by atoms with E-state index in [4.69, 9.17) is 0 Å². The zero-order valence-electron chi connectivity index (χ0n) is 23.8. The molecular formula is C36H56. The van der Waals surface area contributed by atoms with E-state index in [2.05, 4.69) is 49.4 Å². The molecule has 0 atom stereocenters. The van der Waals surface area contributed by atoms with Crippen LogP contribution in [0.3, 0.4) is 0 Å². The summed E-state index contributed by atoms with van der Waals surface area (Å²) in [6.07, 6.45) is 32.9. The largest absolute Gasteiger partial charge is 0.0654 e. The second kappa shape index (κ2) is 18.6. The van der Waals surface area contributed by atoms with E-state index in [1.807, 2.05) is 0 Å². The lowest BCUT2D eigenvalue weighted by atomic mass is 9.96. The Balaban J connectivity index is 1.07. The summed E-state index contributed by atoms with van der Waals surface area (Å²) in [6.45, 7) is 2.30. The Labute approximate surface area is 224 Å². The van der Waals surface area contributed by atoms with Crippen molar-refractivity contribution >= 4 is 0 Å². The van der Waals surface area contributed by atoms with Crippen molar-refractivity contribution in [3.05, 3.63) is 59.2 Å². The van der Waals surface area contributed by atoms with Crippen LogP contribution in [0.25, 0.3) is 11.1 Å². The molecule has 0 aromatic heterocycles. The molecule has 0 aliphatic heterocycles. The topological polar surface area (TPSA) is 0 Å². The predicted octanol–water partition coefficient (Wildman–Crippen LogP) is 12.0. The molecule has 0 unspecified atom stereocenters. The Kier molecular flexibility index (Phi) is 15.0. The van der Waals surface area contributed by atoms with Crippen LogP contribution in [0.15, 0.2) is 42.5 Å². The summed E-state index contributed by atoms with van der Waals surface area (Å²) in [5.74, 6) is 0. The minimum absolute atomic E-state index is 1.14. The lowest BCUT2D eigenvalue weighted by Crippen LogP contribution is -1.93. The number of rotatable bonds is 22. The van der Waals surface area contributed by atoms with E-state index in [1.165, 1.54) is 158 Å². The number of aryl methyl sites for hydroxylation is 1. The molecule has 3 rings (SSSR count). The van der Waals surface area contributed by atoms with Crippen LogP contribution in [-0.4, -0.2) is 0 Å². The number of benzene rings is 2. The van der Waals surface area contributed by atoms with Crippen molar-refractivity contribution in [2.75, 3.05) is 0 Å². The Hall–Kier alpha value is -1.56. The maximum absolute atomic E-state index is 2.38. The summed E-state index contributed by atoms with van der Waals surface area (Å²) in [7, 11) is 0. The van der Waals surface area contributed by atoms with E-state index in [-0.39, 0.29) is 0 Å². The highest BCUT2D eigenvalue weighted by Gasteiger charge is 2.19. The third-order valence-electron chi connectivity index (χ3n) is 8.50. The van der Waals surface area contributed by atoms with Crippen LogP contribution in [-0.2, 0) is 12.8 Å². The molecule has 2 aromatic rings. The van der Waals surface area contributed by atoms with Crippen LogP contribution < -0.4 is 0 Å². The molecule has 200 valence electrons. The predicted molar refractivity (Wildman–Crippen MR) is 161 cm³/mol. The van der Waals surface area contributed by atoms with E-state index < -0.39 is 0 Å². The van der Waals surface area contributed by atoms with Gasteiger partial charge in [0.15, 0.2) is 0 Å². The van der Waals surface area contributed by atoms with Crippen molar-refractivity contribution in [1.29, 1.82) is 0 Å². The van der Waals surface area contributed by atoms with Crippen molar-refractivity contribution in [3.8, 4) is 11.1 Å². The van der Waals surface area contributed by atoms with Crippen molar-refractivity contribution in [2.24, 2.45) is 0 Å². The molecule has 1 aliphatic rings. The molecule has 0 spiro atoms. The lowest BCUT2D eigenvalue weighted by molar-refractivity contribution is 0.520. The Morgan fingerprint density at radius 2 is 0.889 bits per heavy atom. The second-order valence-electron chi connectivity index (χ2n) is 11.6. The first-order chi connectivity index (χ1) is 17.9. The monoisotopic (exact) mass is 488 g/mol. The molecule has 0 bridgehead atoms. The van der Waals surface area contributed by atoms with Crippen LogP contribution in [0.1, 0.15) is 158 Å². The minimum Gasteiger partial charge on any atom is -0.0654 e. The van der Waals surface area contributed by atoms with Crippen LogP contribution >= 0.6 is 0 Å². The Bertz CT molecular complexity index is 817. The molecule has 0 radical (unpaired) electrons. The molecule has 0 N–H and O–H groups in total. The molecule has 0 heteroatoms. The van der Waals surface area contributed by atoms with Gasteiger partial charge in [-0.3, -0.25) is 0 Å². The molecule has 0 nitrogen and oxygen atoms in total. The zero-order chi connectivity index (χ0) is 25.1. The fraction of sp³-hybridized carbons (Fsp3) is 0.667. The van der Waals surface area contributed by atoms with Gasteiger partial charge in [0.25, 0.3) is 0 Å². The van der Waals surface area contributed by atoms with Gasteiger partial charge in [0.2, 0.25) is 0 Å². The maximum Gasteiger partial charge on any atom is -0.00107 e. The second-order valence-corrected chi connectivity index (χ2v) is 11.6. The van der Waals surface area contributed by atoms with Crippen LogP contribution in [0.5, 0.6) is 0 Å². The summed E-state index contributed by atoms with van der Waals surface area (Å²) < 4.78 is 0. The summed E-state index contributed by atoms with van der Waals surface area (Å²) in [5.41, 5.74) is 7.67. The number of unbranched alkanes of at least 4 members (excludes halogenated alkanes) is 20. The molecule has 2 aromatic carbocycles. The highest BCUT2D eigenvalue weighted by atomic mass is 14.2. The molecule has 36 heavy (non-hydrogen) atoms. The van der Waals surface area contributed by atoms with Crippen molar-refractivity contribution < 1.29 is 0 Å². The highest BCUT2D eigenvalue weighted by Crippen LogP contribution is 2.38. The summed E-state index contributed by atoms with van der Waals surface area (Å²) in [5, 5.41) is 0. The summed E-state index contributed by atoms with van der Waals surface area (Å²) >= 11 is 0. The van der Waals surface area contributed by atoms with Gasteiger partial charge in [-0.2, -0.15) is 0 Å². The van der Waals surface area contributed by atoms with Gasteiger partial charge < -0.3 is 0 Å². The van der Waals surface area contributed by atoms with Crippen molar-refractivity contribution in [3.63, 3.8) is 0 Å². The maximum atomic E-state index is 2.38. The Morgan fingerprint density at radius 1 is 0.444 bits per heavy atom. The minimum atomic E-state index is 1.14. The van der Waals surface area contributed by atoms with E-state index in [1.54, 1.807) is 11.1 Å². The molecule has 1 aliphatic carbocycles. The summed E-state index contributed by atoms with van der Waals surface area (Å²) in [4.78, 5) is 0. The highest BCUT2D eigenvalue weighted by molar-refractivity contribution is 5.77. The first kappa shape index (κ1) is 29.0. The van der Waals surface area contributed by atoms with E-state index in [0.717, 1.165) is 6.42 Å². The van der Waals surface area contributed by atoms with Crippen LogP contribution in [0.2, 0.25) is 0 Å². The standard InChI is InChI=1S/C36H56/c1-2-3-4-5-6-7-8-9-10-11-12-13-14-15-16-17-18-19-20-21-22-26-32-28-25-30-35-34-29-24-23-27-33(34)31-36(32)35/h23-25,27-30H,2-22,26,31H2,1H3. The van der Waals surface area contributed by atoms with Gasteiger partial charge in [0.1, 0.15) is 0 Å². The third-order valence-corrected chi connectivity index (χ3v) is 8.50.